The summed E-state index contributed by atoms with van der Waals surface area (Å²) in [7, 11) is -2.85. The summed E-state index contributed by atoms with van der Waals surface area (Å²) in [5, 5.41) is 3.48. The van der Waals surface area contributed by atoms with Gasteiger partial charge in [-0.05, 0) is 30.5 Å². The quantitative estimate of drug-likeness (QED) is 0.749. The first-order valence-corrected chi connectivity index (χ1v) is 9.55. The van der Waals surface area contributed by atoms with E-state index in [0.717, 1.165) is 11.4 Å². The van der Waals surface area contributed by atoms with Crippen LogP contribution in [0.5, 0.6) is 0 Å². The molecule has 3 nitrogen and oxygen atoms in total. The lowest BCUT2D eigenvalue weighted by atomic mass is 10.2. The number of rotatable bonds is 8. The maximum Gasteiger partial charge on any atom is 0.150 e. The van der Waals surface area contributed by atoms with Gasteiger partial charge in [0, 0.05) is 29.0 Å². The van der Waals surface area contributed by atoms with Gasteiger partial charge < -0.3 is 5.32 Å². The molecule has 0 aromatic heterocycles. The highest BCUT2D eigenvalue weighted by atomic mass is 32.2. The summed E-state index contributed by atoms with van der Waals surface area (Å²) in [6, 6.07) is 9.07. The average Bonchev–Trinajstić information content (AvgIpc) is 3.21. The second kappa shape index (κ2) is 6.77. The minimum atomic E-state index is -2.85. The maximum atomic E-state index is 11.4. The minimum Gasteiger partial charge on any atom is -0.310 e. The van der Waals surface area contributed by atoms with Crippen LogP contribution in [0.2, 0.25) is 0 Å². The van der Waals surface area contributed by atoms with Crippen molar-refractivity contribution in [3.05, 3.63) is 29.8 Å². The summed E-state index contributed by atoms with van der Waals surface area (Å²) in [6.45, 7) is 2.61. The van der Waals surface area contributed by atoms with Crippen LogP contribution in [0.25, 0.3) is 0 Å². The minimum absolute atomic E-state index is 0.235. The second-order valence-corrected chi connectivity index (χ2v) is 8.53. The van der Waals surface area contributed by atoms with Crippen molar-refractivity contribution in [2.24, 2.45) is 0 Å². The van der Waals surface area contributed by atoms with Crippen molar-refractivity contribution in [1.29, 1.82) is 0 Å². The Balaban J connectivity index is 1.80. The molecular weight excluding hydrogens is 278 g/mol. The van der Waals surface area contributed by atoms with E-state index in [1.165, 1.54) is 18.4 Å². The van der Waals surface area contributed by atoms with Gasteiger partial charge in [-0.3, -0.25) is 0 Å². The van der Waals surface area contributed by atoms with Crippen LogP contribution >= 0.6 is 11.8 Å². The number of hydrogen-bond acceptors (Lipinski definition) is 4. The molecule has 1 N–H and O–H groups in total. The molecule has 1 aliphatic carbocycles. The van der Waals surface area contributed by atoms with Crippen LogP contribution in [0.1, 0.15) is 25.3 Å². The molecule has 1 aromatic carbocycles. The smallest absolute Gasteiger partial charge is 0.150 e. The predicted molar refractivity (Wildman–Crippen MR) is 81.4 cm³/mol. The molecular formula is C14H21NO2S2. The first kappa shape index (κ1) is 14.9. The Morgan fingerprint density at radius 3 is 2.84 bits per heavy atom. The van der Waals surface area contributed by atoms with E-state index in [1.807, 2.05) is 12.1 Å². The van der Waals surface area contributed by atoms with E-state index in [1.54, 1.807) is 18.7 Å². The summed E-state index contributed by atoms with van der Waals surface area (Å²) in [5.41, 5.74) is 1.27. The monoisotopic (exact) mass is 299 g/mol. The van der Waals surface area contributed by atoms with Gasteiger partial charge in [0.1, 0.15) is 0 Å². The summed E-state index contributed by atoms with van der Waals surface area (Å²) in [5.74, 6) is 1.13. The fraction of sp³-hybridized carbons (Fsp3) is 0.571. The molecule has 0 radical (unpaired) electrons. The summed E-state index contributed by atoms with van der Waals surface area (Å²) in [4.78, 5) is 1.15. The van der Waals surface area contributed by atoms with E-state index in [2.05, 4.69) is 17.4 Å². The third-order valence-electron chi connectivity index (χ3n) is 3.17. The normalized spacial score (nSPS) is 15.6. The standard InChI is InChI=1S/C14H21NO2S2/c1-2-19(16,17)9-8-18-14-5-3-4-12(10-14)11-15-13-6-7-13/h3-5,10,13,15H,2,6-9,11H2,1H3. The number of nitrogens with one attached hydrogen (secondary N) is 1. The van der Waals surface area contributed by atoms with Crippen LogP contribution in [-0.2, 0) is 16.4 Å². The van der Waals surface area contributed by atoms with Crippen molar-refractivity contribution in [2.75, 3.05) is 17.3 Å². The van der Waals surface area contributed by atoms with Crippen LogP contribution in [-0.4, -0.2) is 31.7 Å². The van der Waals surface area contributed by atoms with Gasteiger partial charge in [-0.2, -0.15) is 0 Å². The van der Waals surface area contributed by atoms with E-state index in [4.69, 9.17) is 0 Å². The summed E-state index contributed by atoms with van der Waals surface area (Å²) >= 11 is 1.62. The molecule has 0 unspecified atom stereocenters. The molecule has 0 aliphatic heterocycles. The van der Waals surface area contributed by atoms with Crippen molar-refractivity contribution in [3.8, 4) is 0 Å². The fourth-order valence-electron chi connectivity index (χ4n) is 1.73. The van der Waals surface area contributed by atoms with Gasteiger partial charge >= 0.3 is 0 Å². The summed E-state index contributed by atoms with van der Waals surface area (Å²) in [6.07, 6.45) is 2.59. The number of benzene rings is 1. The highest BCUT2D eigenvalue weighted by molar-refractivity contribution is 8.00. The molecule has 106 valence electrons. The van der Waals surface area contributed by atoms with E-state index < -0.39 is 9.84 Å². The van der Waals surface area contributed by atoms with Crippen molar-refractivity contribution < 1.29 is 8.42 Å². The van der Waals surface area contributed by atoms with Crippen molar-refractivity contribution in [2.45, 2.75) is 37.2 Å². The molecule has 0 bridgehead atoms. The summed E-state index contributed by atoms with van der Waals surface area (Å²) < 4.78 is 22.8. The lowest BCUT2D eigenvalue weighted by molar-refractivity contribution is 0.599. The molecule has 0 heterocycles. The number of thioether (sulfide) groups is 1. The van der Waals surface area contributed by atoms with Crippen molar-refractivity contribution in [1.82, 2.24) is 5.32 Å². The highest BCUT2D eigenvalue weighted by Gasteiger charge is 2.19. The Hall–Kier alpha value is -0.520. The van der Waals surface area contributed by atoms with Gasteiger partial charge in [-0.25, -0.2) is 8.42 Å². The Morgan fingerprint density at radius 2 is 2.16 bits per heavy atom. The Kier molecular flexibility index (Phi) is 5.30. The van der Waals surface area contributed by atoms with Crippen molar-refractivity contribution in [3.63, 3.8) is 0 Å². The number of hydrogen-bond donors (Lipinski definition) is 1. The lowest BCUT2D eigenvalue weighted by Crippen LogP contribution is -2.15. The van der Waals surface area contributed by atoms with Gasteiger partial charge in [0.25, 0.3) is 0 Å². The van der Waals surface area contributed by atoms with E-state index >= 15 is 0 Å². The molecule has 1 fully saturated rings. The van der Waals surface area contributed by atoms with Crippen LogP contribution in [0.3, 0.4) is 0 Å². The topological polar surface area (TPSA) is 46.2 Å². The molecule has 0 saturated heterocycles. The van der Waals surface area contributed by atoms with Crippen LogP contribution in [0.4, 0.5) is 0 Å². The van der Waals surface area contributed by atoms with E-state index in [0.29, 0.717) is 11.8 Å². The van der Waals surface area contributed by atoms with Gasteiger partial charge in [-0.15, -0.1) is 11.8 Å². The molecule has 2 rings (SSSR count). The van der Waals surface area contributed by atoms with Gasteiger partial charge in [0.15, 0.2) is 9.84 Å². The average molecular weight is 299 g/mol. The molecule has 0 atom stereocenters. The van der Waals surface area contributed by atoms with E-state index in [-0.39, 0.29) is 11.5 Å². The zero-order valence-electron chi connectivity index (χ0n) is 11.3. The van der Waals surface area contributed by atoms with Crippen LogP contribution in [0.15, 0.2) is 29.2 Å². The molecule has 0 spiro atoms. The molecule has 0 amide bonds. The molecule has 5 heteroatoms. The zero-order valence-corrected chi connectivity index (χ0v) is 12.9. The lowest BCUT2D eigenvalue weighted by Gasteiger charge is -2.06. The van der Waals surface area contributed by atoms with Gasteiger partial charge in [0.05, 0.1) is 5.75 Å². The van der Waals surface area contributed by atoms with Crippen LogP contribution in [0, 0.1) is 0 Å². The second-order valence-electron chi connectivity index (χ2n) is 4.89. The SMILES string of the molecule is CCS(=O)(=O)CCSc1cccc(CNC2CC2)c1. The number of sulfone groups is 1. The van der Waals surface area contributed by atoms with Crippen molar-refractivity contribution >= 4 is 21.6 Å². The molecule has 1 saturated carbocycles. The first-order chi connectivity index (χ1) is 9.09. The Labute approximate surface area is 120 Å². The Morgan fingerprint density at radius 1 is 1.37 bits per heavy atom. The predicted octanol–water partition coefficient (Wildman–Crippen LogP) is 2.47. The van der Waals surface area contributed by atoms with E-state index in [9.17, 15) is 8.42 Å². The maximum absolute atomic E-state index is 11.4. The largest absolute Gasteiger partial charge is 0.310 e. The van der Waals surface area contributed by atoms with Gasteiger partial charge in [-0.1, -0.05) is 19.1 Å². The Bertz CT molecular complexity index is 510. The zero-order chi connectivity index (χ0) is 13.7. The molecule has 1 aromatic rings. The van der Waals surface area contributed by atoms with Gasteiger partial charge in [0.2, 0.25) is 0 Å². The molecule has 19 heavy (non-hydrogen) atoms. The fourth-order valence-corrected chi connectivity index (χ4v) is 4.01. The van der Waals surface area contributed by atoms with Crippen LogP contribution < -0.4 is 5.32 Å². The first-order valence-electron chi connectivity index (χ1n) is 6.74. The third-order valence-corrected chi connectivity index (χ3v) is 6.13. The third kappa shape index (κ3) is 5.55. The molecule has 1 aliphatic rings. The highest BCUT2D eigenvalue weighted by Crippen LogP contribution is 2.22.